The maximum atomic E-state index is 12.4. The van der Waals surface area contributed by atoms with Crippen molar-refractivity contribution in [1.82, 2.24) is 5.32 Å². The monoisotopic (exact) mass is 319 g/mol. The average molecular weight is 319 g/mol. The van der Waals surface area contributed by atoms with Crippen molar-refractivity contribution < 1.29 is 14.3 Å². The summed E-state index contributed by atoms with van der Waals surface area (Å²) in [4.78, 5) is 24.3. The molecule has 0 heterocycles. The number of rotatable bonds is 6. The van der Waals surface area contributed by atoms with Crippen LogP contribution >= 0.6 is 0 Å². The minimum absolute atomic E-state index is 0.133. The lowest BCUT2D eigenvalue weighted by molar-refractivity contribution is -0.125. The molecule has 0 aliphatic rings. The lowest BCUT2D eigenvalue weighted by atomic mass is 9.90. The van der Waals surface area contributed by atoms with Crippen LogP contribution in [-0.4, -0.2) is 24.5 Å². The Labute approximate surface area is 139 Å². The van der Waals surface area contributed by atoms with E-state index in [2.05, 4.69) is 12.2 Å². The molecule has 1 aromatic rings. The number of carbonyl (C=O) groups is 2. The van der Waals surface area contributed by atoms with Crippen LogP contribution in [0.4, 0.5) is 0 Å². The molecule has 128 valence electrons. The van der Waals surface area contributed by atoms with Gasteiger partial charge in [0.25, 0.3) is 5.91 Å². The number of carbonyl (C=O) groups excluding carboxylic acids is 2. The molecular formula is C19H29NO3. The first kappa shape index (κ1) is 19.2. The predicted octanol–water partition coefficient (Wildman–Crippen LogP) is 3.69. The van der Waals surface area contributed by atoms with Gasteiger partial charge in [-0.3, -0.25) is 4.79 Å². The van der Waals surface area contributed by atoms with Crippen molar-refractivity contribution in [2.24, 2.45) is 0 Å². The largest absolute Gasteiger partial charge is 0.452 e. The summed E-state index contributed by atoms with van der Waals surface area (Å²) in [5.41, 5.74) is 5.83. The molecule has 0 spiro atoms. The zero-order chi connectivity index (χ0) is 17.7. The number of esters is 1. The summed E-state index contributed by atoms with van der Waals surface area (Å²) in [5, 5.41) is 2.87. The number of nitrogens with one attached hydrogen (secondary N) is 1. The van der Waals surface area contributed by atoms with Crippen LogP contribution in [0.1, 0.15) is 64.9 Å². The van der Waals surface area contributed by atoms with Crippen molar-refractivity contribution >= 4 is 11.9 Å². The van der Waals surface area contributed by atoms with Gasteiger partial charge in [0.2, 0.25) is 0 Å². The van der Waals surface area contributed by atoms with Crippen molar-refractivity contribution in [2.45, 2.75) is 67.3 Å². The van der Waals surface area contributed by atoms with Crippen molar-refractivity contribution in [2.75, 3.05) is 6.61 Å². The zero-order valence-corrected chi connectivity index (χ0v) is 15.4. The third-order valence-electron chi connectivity index (χ3n) is 4.89. The van der Waals surface area contributed by atoms with Crippen LogP contribution in [0.15, 0.2) is 0 Å². The smallest absolute Gasteiger partial charge is 0.339 e. The molecule has 23 heavy (non-hydrogen) atoms. The number of hydrogen-bond donors (Lipinski definition) is 1. The minimum Gasteiger partial charge on any atom is -0.452 e. The van der Waals surface area contributed by atoms with Crippen LogP contribution in [0.2, 0.25) is 0 Å². The van der Waals surface area contributed by atoms with Gasteiger partial charge in [-0.1, -0.05) is 13.8 Å². The second-order valence-corrected chi connectivity index (χ2v) is 6.16. The second kappa shape index (κ2) is 8.14. The topological polar surface area (TPSA) is 55.4 Å². The van der Waals surface area contributed by atoms with Crippen LogP contribution in [0, 0.1) is 34.6 Å². The van der Waals surface area contributed by atoms with E-state index < -0.39 is 5.97 Å². The summed E-state index contributed by atoms with van der Waals surface area (Å²) in [6.45, 7) is 13.7. The van der Waals surface area contributed by atoms with E-state index in [-0.39, 0.29) is 18.6 Å². The van der Waals surface area contributed by atoms with Gasteiger partial charge in [0.1, 0.15) is 0 Å². The summed E-state index contributed by atoms with van der Waals surface area (Å²) in [7, 11) is 0. The standard InChI is InChI=1S/C19H29NO3/c1-8-16(9-2)20-17(21)10-23-19(22)18-14(6)12(4)11(3)13(5)15(18)7/h16H,8-10H2,1-7H3,(H,20,21). The van der Waals surface area contributed by atoms with Crippen molar-refractivity contribution in [3.8, 4) is 0 Å². The molecular weight excluding hydrogens is 290 g/mol. The maximum Gasteiger partial charge on any atom is 0.339 e. The Morgan fingerprint density at radius 3 is 1.74 bits per heavy atom. The quantitative estimate of drug-likeness (QED) is 0.814. The molecule has 0 unspecified atom stereocenters. The Kier molecular flexibility index (Phi) is 6.79. The number of ether oxygens (including phenoxy) is 1. The fourth-order valence-corrected chi connectivity index (χ4v) is 2.77. The number of benzene rings is 1. The summed E-state index contributed by atoms with van der Waals surface area (Å²) >= 11 is 0. The summed E-state index contributed by atoms with van der Waals surface area (Å²) in [5.74, 6) is -0.672. The number of hydrogen-bond acceptors (Lipinski definition) is 3. The van der Waals surface area contributed by atoms with Crippen LogP contribution in [0.5, 0.6) is 0 Å². The Balaban J connectivity index is 2.86. The van der Waals surface area contributed by atoms with Crippen LogP contribution in [0.3, 0.4) is 0 Å². The van der Waals surface area contributed by atoms with E-state index in [0.29, 0.717) is 5.56 Å². The van der Waals surface area contributed by atoms with Gasteiger partial charge in [-0.25, -0.2) is 4.79 Å². The molecule has 0 radical (unpaired) electrons. The molecule has 0 saturated carbocycles. The van der Waals surface area contributed by atoms with Crippen LogP contribution < -0.4 is 5.32 Å². The van der Waals surface area contributed by atoms with Crippen LogP contribution in [0.25, 0.3) is 0 Å². The van der Waals surface area contributed by atoms with Gasteiger partial charge in [0.05, 0.1) is 5.56 Å². The zero-order valence-electron chi connectivity index (χ0n) is 15.4. The van der Waals surface area contributed by atoms with E-state index in [9.17, 15) is 9.59 Å². The molecule has 0 aliphatic carbocycles. The maximum absolute atomic E-state index is 12.4. The van der Waals surface area contributed by atoms with Gasteiger partial charge in [-0.05, 0) is 75.3 Å². The van der Waals surface area contributed by atoms with E-state index >= 15 is 0 Å². The fourth-order valence-electron chi connectivity index (χ4n) is 2.77. The first-order chi connectivity index (χ1) is 10.7. The fraction of sp³-hybridized carbons (Fsp3) is 0.579. The molecule has 1 amide bonds. The molecule has 0 aliphatic heterocycles. The van der Waals surface area contributed by atoms with Gasteiger partial charge in [-0.2, -0.15) is 0 Å². The van der Waals surface area contributed by atoms with Gasteiger partial charge in [0, 0.05) is 6.04 Å². The molecule has 0 fully saturated rings. The highest BCUT2D eigenvalue weighted by atomic mass is 16.5. The van der Waals surface area contributed by atoms with E-state index in [1.165, 1.54) is 5.56 Å². The van der Waals surface area contributed by atoms with Gasteiger partial charge in [-0.15, -0.1) is 0 Å². The third kappa shape index (κ3) is 4.34. The molecule has 0 bridgehead atoms. The van der Waals surface area contributed by atoms with Gasteiger partial charge < -0.3 is 10.1 Å². The van der Waals surface area contributed by atoms with Crippen molar-refractivity contribution in [1.29, 1.82) is 0 Å². The lowest BCUT2D eigenvalue weighted by Gasteiger charge is -2.18. The molecule has 4 heteroatoms. The van der Waals surface area contributed by atoms with Crippen molar-refractivity contribution in [3.05, 3.63) is 33.4 Å². The highest BCUT2D eigenvalue weighted by Gasteiger charge is 2.20. The van der Waals surface area contributed by atoms with Gasteiger partial charge >= 0.3 is 5.97 Å². The highest BCUT2D eigenvalue weighted by molar-refractivity contribution is 5.95. The molecule has 4 nitrogen and oxygen atoms in total. The molecule has 1 aromatic carbocycles. The Morgan fingerprint density at radius 2 is 1.30 bits per heavy atom. The molecule has 0 atom stereocenters. The Bertz CT molecular complexity index is 572. The Morgan fingerprint density at radius 1 is 0.870 bits per heavy atom. The molecule has 0 aromatic heterocycles. The third-order valence-corrected chi connectivity index (χ3v) is 4.89. The van der Waals surface area contributed by atoms with Crippen LogP contribution in [-0.2, 0) is 9.53 Å². The molecule has 1 N–H and O–H groups in total. The second-order valence-electron chi connectivity index (χ2n) is 6.16. The molecule has 0 saturated heterocycles. The van der Waals surface area contributed by atoms with E-state index in [0.717, 1.165) is 35.1 Å². The average Bonchev–Trinajstić information content (AvgIpc) is 2.54. The normalized spacial score (nSPS) is 10.8. The van der Waals surface area contributed by atoms with E-state index in [4.69, 9.17) is 4.74 Å². The summed E-state index contributed by atoms with van der Waals surface area (Å²) in [6, 6.07) is 0.133. The Hall–Kier alpha value is -1.84. The lowest BCUT2D eigenvalue weighted by Crippen LogP contribution is -2.37. The minimum atomic E-state index is -0.425. The van der Waals surface area contributed by atoms with E-state index in [1.54, 1.807) is 0 Å². The highest BCUT2D eigenvalue weighted by Crippen LogP contribution is 2.26. The van der Waals surface area contributed by atoms with Crippen molar-refractivity contribution in [3.63, 3.8) is 0 Å². The summed E-state index contributed by atoms with van der Waals surface area (Å²) in [6.07, 6.45) is 1.73. The molecule has 1 rings (SSSR count). The summed E-state index contributed by atoms with van der Waals surface area (Å²) < 4.78 is 5.24. The first-order valence-electron chi connectivity index (χ1n) is 8.27. The van der Waals surface area contributed by atoms with E-state index in [1.807, 2.05) is 41.5 Å². The number of amides is 1. The predicted molar refractivity (Wildman–Crippen MR) is 92.9 cm³/mol. The first-order valence-corrected chi connectivity index (χ1v) is 8.27. The SMILES string of the molecule is CCC(CC)NC(=O)COC(=O)c1c(C)c(C)c(C)c(C)c1C. The van der Waals surface area contributed by atoms with Gasteiger partial charge in [0.15, 0.2) is 6.61 Å².